The highest BCUT2D eigenvalue weighted by molar-refractivity contribution is 7.10. The summed E-state index contributed by atoms with van der Waals surface area (Å²) in [5, 5.41) is 2.04. The molecule has 184 valence electrons. The summed E-state index contributed by atoms with van der Waals surface area (Å²) >= 11 is 1.68. The molecule has 4 rings (SSSR count). The first-order valence-electron chi connectivity index (χ1n) is 11.7. The van der Waals surface area contributed by atoms with Gasteiger partial charge in [-0.15, -0.1) is 11.3 Å². The van der Waals surface area contributed by atoms with Crippen LogP contribution in [0, 0.1) is 5.82 Å². The molecule has 1 aliphatic rings. The quantitative estimate of drug-likeness (QED) is 0.421. The van der Waals surface area contributed by atoms with Gasteiger partial charge in [-0.1, -0.05) is 19.1 Å². The van der Waals surface area contributed by atoms with Crippen LogP contribution >= 0.6 is 11.3 Å². The van der Waals surface area contributed by atoms with E-state index in [9.17, 15) is 14.0 Å². The Morgan fingerprint density at radius 1 is 1.14 bits per heavy atom. The molecule has 0 N–H and O–H groups in total. The van der Waals surface area contributed by atoms with Crippen LogP contribution in [0.4, 0.5) is 4.39 Å². The Balaban J connectivity index is 1.52. The lowest BCUT2D eigenvalue weighted by molar-refractivity contribution is -0.135. The largest absolute Gasteiger partial charge is 0.497 e. The molecule has 0 fully saturated rings. The van der Waals surface area contributed by atoms with Gasteiger partial charge in [-0.05, 0) is 60.2 Å². The van der Waals surface area contributed by atoms with E-state index in [4.69, 9.17) is 9.47 Å². The van der Waals surface area contributed by atoms with E-state index in [1.807, 2.05) is 42.6 Å². The number of nitrogens with zero attached hydrogens (tertiary/aromatic N) is 2. The summed E-state index contributed by atoms with van der Waals surface area (Å²) in [7, 11) is 1.60. The van der Waals surface area contributed by atoms with Crippen LogP contribution in [0.2, 0.25) is 0 Å². The van der Waals surface area contributed by atoms with Crippen LogP contribution in [0.1, 0.15) is 40.2 Å². The number of amides is 2. The summed E-state index contributed by atoms with van der Waals surface area (Å²) in [5.41, 5.74) is 1.32. The second-order valence-electron chi connectivity index (χ2n) is 8.38. The van der Waals surface area contributed by atoms with Gasteiger partial charge in [0.25, 0.3) is 5.91 Å². The zero-order chi connectivity index (χ0) is 24.8. The van der Waals surface area contributed by atoms with Gasteiger partial charge in [0.1, 0.15) is 30.5 Å². The van der Waals surface area contributed by atoms with Crippen molar-refractivity contribution in [2.75, 3.05) is 33.4 Å². The minimum atomic E-state index is -0.477. The molecule has 2 amide bonds. The molecule has 0 bridgehead atoms. The standard InChI is InChI=1S/C27H29FN2O4S/c1-3-12-29(27(32)19-6-4-7-20(28)15-19)17-26(31)30-13-10-25-23(11-14-35-25)24(30)18-34-22-9-5-8-21(16-22)33-2/h4-9,11,14-16,24H,3,10,12-13,17-18H2,1-2H3/t24-/m0/s1. The molecule has 0 saturated carbocycles. The number of ether oxygens (including phenoxy) is 2. The highest BCUT2D eigenvalue weighted by Gasteiger charge is 2.33. The van der Waals surface area contributed by atoms with Crippen LogP contribution in [0.3, 0.4) is 0 Å². The lowest BCUT2D eigenvalue weighted by Crippen LogP contribution is -2.48. The van der Waals surface area contributed by atoms with Crippen molar-refractivity contribution in [3.63, 3.8) is 0 Å². The van der Waals surface area contributed by atoms with Crippen molar-refractivity contribution in [3.05, 3.63) is 81.8 Å². The van der Waals surface area contributed by atoms with E-state index in [-0.39, 0.29) is 36.6 Å². The minimum absolute atomic E-state index is 0.0711. The van der Waals surface area contributed by atoms with Crippen LogP contribution < -0.4 is 9.47 Å². The van der Waals surface area contributed by atoms with E-state index < -0.39 is 5.82 Å². The van der Waals surface area contributed by atoms with E-state index in [0.717, 1.165) is 12.0 Å². The third-order valence-electron chi connectivity index (χ3n) is 6.04. The number of hydrogen-bond acceptors (Lipinski definition) is 5. The predicted molar refractivity (Wildman–Crippen MR) is 134 cm³/mol. The monoisotopic (exact) mass is 496 g/mol. The molecular weight excluding hydrogens is 467 g/mol. The van der Waals surface area contributed by atoms with Crippen LogP contribution in [-0.4, -0.2) is 55.0 Å². The average Bonchev–Trinajstić information content (AvgIpc) is 3.36. The van der Waals surface area contributed by atoms with Gasteiger partial charge in [0, 0.05) is 29.6 Å². The number of halogens is 1. The topological polar surface area (TPSA) is 59.1 Å². The maximum Gasteiger partial charge on any atom is 0.254 e. The third-order valence-corrected chi connectivity index (χ3v) is 7.04. The maximum atomic E-state index is 13.7. The Kier molecular flexibility index (Phi) is 8.02. The number of fused-ring (bicyclic) bond motifs is 1. The molecule has 0 saturated heterocycles. The summed E-state index contributed by atoms with van der Waals surface area (Å²) in [6.07, 6.45) is 1.45. The Morgan fingerprint density at radius 3 is 2.71 bits per heavy atom. The van der Waals surface area contributed by atoms with Crippen molar-refractivity contribution < 1.29 is 23.5 Å². The van der Waals surface area contributed by atoms with Gasteiger partial charge >= 0.3 is 0 Å². The SMILES string of the molecule is CCCN(CC(=O)N1CCc2sccc2[C@@H]1COc1cccc(OC)c1)C(=O)c1cccc(F)c1. The summed E-state index contributed by atoms with van der Waals surface area (Å²) < 4.78 is 25.1. The van der Waals surface area contributed by atoms with Crippen molar-refractivity contribution >= 4 is 23.2 Å². The third kappa shape index (κ3) is 5.82. The molecule has 0 aliphatic carbocycles. The van der Waals surface area contributed by atoms with E-state index in [1.165, 1.54) is 28.0 Å². The van der Waals surface area contributed by atoms with Gasteiger partial charge < -0.3 is 19.3 Å². The number of thiophene rings is 1. The van der Waals surface area contributed by atoms with Crippen molar-refractivity contribution in [2.24, 2.45) is 0 Å². The molecule has 8 heteroatoms. The number of carbonyl (C=O) groups excluding carboxylic acids is 2. The molecule has 1 atom stereocenters. The zero-order valence-electron chi connectivity index (χ0n) is 19.9. The maximum absolute atomic E-state index is 13.7. The molecule has 1 aliphatic heterocycles. The van der Waals surface area contributed by atoms with Gasteiger partial charge in [0.05, 0.1) is 13.2 Å². The first kappa shape index (κ1) is 24.7. The molecule has 2 aromatic carbocycles. The van der Waals surface area contributed by atoms with E-state index in [2.05, 4.69) is 0 Å². The van der Waals surface area contributed by atoms with Crippen LogP contribution in [0.15, 0.2) is 60.0 Å². The molecule has 0 unspecified atom stereocenters. The normalized spacial score (nSPS) is 14.8. The summed E-state index contributed by atoms with van der Waals surface area (Å²) in [4.78, 5) is 31.1. The minimum Gasteiger partial charge on any atom is -0.497 e. The lowest BCUT2D eigenvalue weighted by atomic mass is 10.0. The van der Waals surface area contributed by atoms with Gasteiger partial charge in [-0.2, -0.15) is 0 Å². The Morgan fingerprint density at radius 2 is 1.94 bits per heavy atom. The smallest absolute Gasteiger partial charge is 0.254 e. The molecule has 35 heavy (non-hydrogen) atoms. The Hall–Kier alpha value is -3.39. The van der Waals surface area contributed by atoms with Crippen LogP contribution in [0.5, 0.6) is 11.5 Å². The first-order valence-corrected chi connectivity index (χ1v) is 12.6. The summed E-state index contributed by atoms with van der Waals surface area (Å²) in [5.74, 6) is 0.375. The van der Waals surface area contributed by atoms with Crippen LogP contribution in [0.25, 0.3) is 0 Å². The predicted octanol–water partition coefficient (Wildman–Crippen LogP) is 4.95. The number of hydrogen-bond donors (Lipinski definition) is 0. The van der Waals surface area contributed by atoms with Crippen molar-refractivity contribution in [2.45, 2.75) is 25.8 Å². The highest BCUT2D eigenvalue weighted by Crippen LogP contribution is 2.34. The molecule has 6 nitrogen and oxygen atoms in total. The molecular formula is C27H29FN2O4S. The average molecular weight is 497 g/mol. The van der Waals surface area contributed by atoms with Crippen molar-refractivity contribution in [1.82, 2.24) is 9.80 Å². The summed E-state index contributed by atoms with van der Waals surface area (Å²) in [6, 6.07) is 14.7. The Bertz CT molecular complexity index is 1180. The lowest BCUT2D eigenvalue weighted by Gasteiger charge is -2.37. The number of benzene rings is 2. The molecule has 3 aromatic rings. The van der Waals surface area contributed by atoms with E-state index >= 15 is 0 Å². The van der Waals surface area contributed by atoms with Gasteiger partial charge in [0.2, 0.25) is 5.91 Å². The fourth-order valence-electron chi connectivity index (χ4n) is 4.32. The number of carbonyl (C=O) groups is 2. The first-order chi connectivity index (χ1) is 17.0. The zero-order valence-corrected chi connectivity index (χ0v) is 20.7. The fourth-order valence-corrected chi connectivity index (χ4v) is 5.25. The Labute approximate surface area is 208 Å². The number of methoxy groups -OCH3 is 1. The van der Waals surface area contributed by atoms with Crippen molar-refractivity contribution in [3.8, 4) is 11.5 Å². The van der Waals surface area contributed by atoms with Crippen LogP contribution in [-0.2, 0) is 11.2 Å². The molecule has 2 heterocycles. The summed E-state index contributed by atoms with van der Waals surface area (Å²) in [6.45, 7) is 3.11. The van der Waals surface area contributed by atoms with Gasteiger partial charge in [-0.25, -0.2) is 4.39 Å². The second-order valence-corrected chi connectivity index (χ2v) is 9.38. The van der Waals surface area contributed by atoms with E-state index in [1.54, 1.807) is 29.4 Å². The highest BCUT2D eigenvalue weighted by atomic mass is 32.1. The van der Waals surface area contributed by atoms with Gasteiger partial charge in [0.15, 0.2) is 0 Å². The fraction of sp³-hybridized carbons (Fsp3) is 0.333. The van der Waals surface area contributed by atoms with Gasteiger partial charge in [-0.3, -0.25) is 9.59 Å². The van der Waals surface area contributed by atoms with Crippen molar-refractivity contribution in [1.29, 1.82) is 0 Å². The molecule has 0 radical (unpaired) electrons. The molecule has 0 spiro atoms. The van der Waals surface area contributed by atoms with E-state index in [0.29, 0.717) is 31.0 Å². The second kappa shape index (κ2) is 11.4. The number of rotatable bonds is 9. The molecule has 1 aromatic heterocycles.